The van der Waals surface area contributed by atoms with Crippen LogP contribution in [0.1, 0.15) is 42.0 Å². The average Bonchev–Trinajstić information content (AvgIpc) is 3.48. The van der Waals surface area contributed by atoms with Gasteiger partial charge in [0.15, 0.2) is 5.03 Å². The van der Waals surface area contributed by atoms with E-state index in [0.29, 0.717) is 22.8 Å². The second kappa shape index (κ2) is 9.54. The van der Waals surface area contributed by atoms with E-state index < -0.39 is 22.1 Å². The first-order chi connectivity index (χ1) is 17.7. The van der Waals surface area contributed by atoms with Gasteiger partial charge in [-0.2, -0.15) is 22.3 Å². The minimum atomic E-state index is -4.32. The van der Waals surface area contributed by atoms with Crippen molar-refractivity contribution in [3.05, 3.63) is 59.1 Å². The number of sulfonamides is 1. The number of benzene rings is 1. The molecule has 37 heavy (non-hydrogen) atoms. The highest BCUT2D eigenvalue weighted by atomic mass is 32.2. The number of hydrogen-bond acceptors (Lipinski definition) is 7. The lowest BCUT2D eigenvalue weighted by Gasteiger charge is -2.28. The lowest BCUT2D eigenvalue weighted by Crippen LogP contribution is -2.35. The Bertz CT molecular complexity index is 1520. The molecule has 0 saturated heterocycles. The molecular weight excluding hydrogens is 506 g/mol. The summed E-state index contributed by atoms with van der Waals surface area (Å²) in [5, 5.41) is 6.35. The molecule has 2 aliphatic carbocycles. The predicted molar refractivity (Wildman–Crippen MR) is 130 cm³/mol. The lowest BCUT2D eigenvalue weighted by atomic mass is 9.87. The molecule has 1 aromatic carbocycles. The van der Waals surface area contributed by atoms with Crippen LogP contribution in [0.4, 0.5) is 19.3 Å². The van der Waals surface area contributed by atoms with Crippen LogP contribution in [0.2, 0.25) is 0 Å². The number of nitrogens with one attached hydrogen (secondary N) is 2. The van der Waals surface area contributed by atoms with Gasteiger partial charge in [-0.15, -0.1) is 0 Å². The monoisotopic (exact) mass is 530 g/mol. The molecule has 2 aromatic heterocycles. The second-order valence-electron chi connectivity index (χ2n) is 9.00. The molecular formula is C24H24F2N6O4S. The van der Waals surface area contributed by atoms with E-state index in [4.69, 9.17) is 4.74 Å². The van der Waals surface area contributed by atoms with E-state index in [0.717, 1.165) is 36.0 Å². The largest absolute Gasteiger partial charge is 0.481 e. The minimum absolute atomic E-state index is 0.0326. The van der Waals surface area contributed by atoms with Crippen molar-refractivity contribution in [2.24, 2.45) is 0 Å². The Morgan fingerprint density at radius 2 is 1.97 bits per heavy atom. The number of nitrogens with zero attached hydrogens (tertiary/aromatic N) is 4. The van der Waals surface area contributed by atoms with Crippen molar-refractivity contribution in [3.8, 4) is 17.1 Å². The van der Waals surface area contributed by atoms with Crippen LogP contribution >= 0.6 is 0 Å². The van der Waals surface area contributed by atoms with Crippen LogP contribution in [0.25, 0.3) is 11.3 Å². The molecule has 2 N–H and O–H groups in total. The number of methoxy groups -OCH3 is 1. The second-order valence-corrected chi connectivity index (χ2v) is 10.6. The van der Waals surface area contributed by atoms with Gasteiger partial charge >= 0.3 is 6.03 Å². The van der Waals surface area contributed by atoms with E-state index in [1.807, 2.05) is 11.6 Å². The van der Waals surface area contributed by atoms with Crippen LogP contribution in [0, 0.1) is 6.92 Å². The molecule has 0 bridgehead atoms. The maximum Gasteiger partial charge on any atom is 0.333 e. The maximum absolute atomic E-state index is 13.0. The number of aryl methyl sites for hydroxylation is 2. The number of hydrogen-bond donors (Lipinski definition) is 2. The van der Waals surface area contributed by atoms with Crippen molar-refractivity contribution in [1.82, 2.24) is 24.5 Å². The van der Waals surface area contributed by atoms with Gasteiger partial charge in [-0.25, -0.2) is 19.5 Å². The zero-order chi connectivity index (χ0) is 26.3. The van der Waals surface area contributed by atoms with E-state index in [-0.39, 0.29) is 29.5 Å². The summed E-state index contributed by atoms with van der Waals surface area (Å²) in [4.78, 5) is 21.3. The van der Waals surface area contributed by atoms with Gasteiger partial charge in [-0.3, -0.25) is 4.68 Å². The number of allylic oxidation sites excluding steroid dienone is 1. The summed E-state index contributed by atoms with van der Waals surface area (Å²) in [5.74, 6) is 0.349. The van der Waals surface area contributed by atoms with Crippen molar-refractivity contribution >= 4 is 21.7 Å². The fourth-order valence-corrected chi connectivity index (χ4v) is 5.62. The van der Waals surface area contributed by atoms with Crippen LogP contribution in [0.3, 0.4) is 0 Å². The molecule has 0 spiro atoms. The summed E-state index contributed by atoms with van der Waals surface area (Å²) in [7, 11) is -2.83. The Morgan fingerprint density at radius 3 is 2.70 bits per heavy atom. The quantitative estimate of drug-likeness (QED) is 0.490. The fourth-order valence-electron chi connectivity index (χ4n) is 4.78. The van der Waals surface area contributed by atoms with Crippen LogP contribution in [-0.4, -0.2) is 41.3 Å². The van der Waals surface area contributed by atoms with Crippen LogP contribution in [0.15, 0.2) is 47.4 Å². The summed E-state index contributed by atoms with van der Waals surface area (Å²) in [6, 6.07) is 3.62. The van der Waals surface area contributed by atoms with Crippen LogP contribution in [0.5, 0.6) is 5.88 Å². The number of rotatable bonds is 6. The van der Waals surface area contributed by atoms with Gasteiger partial charge in [-0.1, -0.05) is 6.07 Å². The van der Waals surface area contributed by atoms with E-state index in [1.54, 1.807) is 6.07 Å². The Labute approximate surface area is 211 Å². The molecule has 0 radical (unpaired) electrons. The van der Waals surface area contributed by atoms with Gasteiger partial charge < -0.3 is 10.1 Å². The summed E-state index contributed by atoms with van der Waals surface area (Å²) >= 11 is 0. The zero-order valence-electron chi connectivity index (χ0n) is 20.1. The summed E-state index contributed by atoms with van der Waals surface area (Å²) in [5.41, 5.74) is 4.54. The molecule has 3 aromatic rings. The molecule has 2 amide bonds. The first kappa shape index (κ1) is 24.8. The molecule has 1 saturated carbocycles. The van der Waals surface area contributed by atoms with E-state index in [1.165, 1.54) is 30.4 Å². The van der Waals surface area contributed by atoms with Crippen LogP contribution < -0.4 is 14.8 Å². The number of urea groups is 1. The molecule has 10 nitrogen and oxygen atoms in total. The topological polar surface area (TPSA) is 128 Å². The molecule has 5 rings (SSSR count). The highest BCUT2D eigenvalue weighted by Crippen LogP contribution is 2.41. The van der Waals surface area contributed by atoms with Gasteiger partial charge in [0.05, 0.1) is 24.5 Å². The molecule has 0 atom stereocenters. The van der Waals surface area contributed by atoms with E-state index in [9.17, 15) is 22.0 Å². The van der Waals surface area contributed by atoms with Crippen molar-refractivity contribution in [1.29, 1.82) is 0 Å². The van der Waals surface area contributed by atoms with Gasteiger partial charge in [0.25, 0.3) is 16.1 Å². The van der Waals surface area contributed by atoms with Gasteiger partial charge in [0.1, 0.15) is 6.33 Å². The maximum atomic E-state index is 13.0. The first-order valence-electron chi connectivity index (χ1n) is 11.6. The number of carbonyl (C=O) groups is 1. The molecule has 194 valence electrons. The molecule has 0 unspecified atom stereocenters. The molecule has 1 fully saturated rings. The van der Waals surface area contributed by atoms with Gasteiger partial charge in [0.2, 0.25) is 5.88 Å². The molecule has 2 aliphatic rings. The minimum Gasteiger partial charge on any atom is -0.481 e. The number of fused-ring (bicyclic) bond motifs is 1. The molecule has 13 heteroatoms. The summed E-state index contributed by atoms with van der Waals surface area (Å²) in [6.45, 7) is 1.89. The summed E-state index contributed by atoms with van der Waals surface area (Å²) in [6.07, 6.45) is 3.72. The highest BCUT2D eigenvalue weighted by Gasteiger charge is 2.31. The average molecular weight is 531 g/mol. The van der Waals surface area contributed by atoms with Crippen molar-refractivity contribution in [2.45, 2.75) is 50.1 Å². The summed E-state index contributed by atoms with van der Waals surface area (Å²) < 4.78 is 59.6. The van der Waals surface area contributed by atoms with E-state index in [2.05, 4.69) is 26.4 Å². The third-order valence-electron chi connectivity index (χ3n) is 6.63. The third kappa shape index (κ3) is 4.78. The van der Waals surface area contributed by atoms with Gasteiger partial charge in [0, 0.05) is 17.8 Å². The molecule has 2 heterocycles. The van der Waals surface area contributed by atoms with Crippen LogP contribution in [-0.2, 0) is 22.9 Å². The number of amides is 2. The molecule has 0 aliphatic heterocycles. The van der Waals surface area contributed by atoms with Crippen molar-refractivity contribution in [3.63, 3.8) is 0 Å². The lowest BCUT2D eigenvalue weighted by molar-refractivity contribution is 0.256. The third-order valence-corrected chi connectivity index (χ3v) is 7.86. The Kier molecular flexibility index (Phi) is 6.40. The number of aromatic nitrogens is 4. The zero-order valence-corrected chi connectivity index (χ0v) is 20.9. The number of halogens is 2. The fraction of sp³-hybridized carbons (Fsp3) is 0.333. The normalized spacial score (nSPS) is 16.6. The van der Waals surface area contributed by atoms with E-state index >= 15 is 0 Å². The Hall–Kier alpha value is -3.87. The van der Waals surface area contributed by atoms with Crippen molar-refractivity contribution < 1.29 is 26.7 Å². The predicted octanol–water partition coefficient (Wildman–Crippen LogP) is 4.14. The van der Waals surface area contributed by atoms with Crippen molar-refractivity contribution in [2.75, 3.05) is 12.4 Å². The Morgan fingerprint density at radius 1 is 1.19 bits per heavy atom. The number of ether oxygens (including phenoxy) is 1. The number of carbonyl (C=O) groups excluding carboxylic acids is 1. The first-order valence-corrected chi connectivity index (χ1v) is 13.1. The Balaban J connectivity index is 1.40. The highest BCUT2D eigenvalue weighted by molar-refractivity contribution is 7.90. The standard InChI is InChI=1S/C24H24F2N6O4S/c1-13-8-14-4-3-5-17(14)22(21(13)18-11-19(36-2)28-12-27-18)29-24(33)31-37(34,35)20-6-7-32(30-20)16-9-15(10-16)23(25)26/h6-8,11-12,16H,3-5,9-10H2,1-2H3,(H2,29,31,33). The SMILES string of the molecule is COc1cc(-c2c(C)cc3c(c2NC(=O)NS(=O)(=O)c2ccn(C4CC(=C(F)F)C4)n2)CCC3)ncn1. The van der Waals surface area contributed by atoms with Gasteiger partial charge in [-0.05, 0) is 67.4 Å². The number of anilines is 1. The smallest absolute Gasteiger partial charge is 0.333 e.